The molecule has 0 spiro atoms. The van der Waals surface area contributed by atoms with E-state index in [4.69, 9.17) is 0 Å². The van der Waals surface area contributed by atoms with E-state index in [1.54, 1.807) is 19.2 Å². The molecule has 1 aromatic carbocycles. The highest BCUT2D eigenvalue weighted by Crippen LogP contribution is 2.19. The first-order valence-electron chi connectivity index (χ1n) is 7.12. The zero-order valence-electron chi connectivity index (χ0n) is 12.8. The molecule has 0 bridgehead atoms. The first kappa shape index (κ1) is 16.2. The number of anilines is 1. The number of carbonyl (C=O) groups is 2. The Balaban J connectivity index is 2.85. The second kappa shape index (κ2) is 7.68. The van der Waals surface area contributed by atoms with E-state index in [9.17, 15) is 9.59 Å². The van der Waals surface area contributed by atoms with Crippen LogP contribution in [-0.4, -0.2) is 25.4 Å². The Morgan fingerprint density at radius 3 is 2.35 bits per heavy atom. The Morgan fingerprint density at radius 1 is 1.20 bits per heavy atom. The van der Waals surface area contributed by atoms with E-state index >= 15 is 0 Å². The van der Waals surface area contributed by atoms with Crippen LogP contribution in [-0.2, 0) is 4.79 Å². The predicted octanol–water partition coefficient (Wildman–Crippen LogP) is 2.84. The molecule has 0 fully saturated rings. The zero-order chi connectivity index (χ0) is 15.1. The van der Waals surface area contributed by atoms with Crippen molar-refractivity contribution in [1.82, 2.24) is 5.32 Å². The van der Waals surface area contributed by atoms with Gasteiger partial charge in [-0.25, -0.2) is 0 Å². The van der Waals surface area contributed by atoms with Gasteiger partial charge in [0.15, 0.2) is 0 Å². The van der Waals surface area contributed by atoms with E-state index in [0.29, 0.717) is 23.7 Å². The van der Waals surface area contributed by atoms with Crippen molar-refractivity contribution in [2.24, 2.45) is 5.92 Å². The lowest BCUT2D eigenvalue weighted by molar-refractivity contribution is -0.116. The number of hydrogen-bond acceptors (Lipinski definition) is 2. The highest BCUT2D eigenvalue weighted by molar-refractivity contribution is 6.04. The second-order valence-corrected chi connectivity index (χ2v) is 4.99. The van der Waals surface area contributed by atoms with Gasteiger partial charge in [0, 0.05) is 20.5 Å². The van der Waals surface area contributed by atoms with Gasteiger partial charge in [0.05, 0.1) is 11.3 Å². The van der Waals surface area contributed by atoms with Crippen molar-refractivity contribution >= 4 is 17.5 Å². The van der Waals surface area contributed by atoms with Crippen molar-refractivity contribution in [2.75, 3.05) is 18.5 Å². The Bertz CT molecular complexity index is 467. The molecular weight excluding hydrogens is 252 g/mol. The molecule has 0 aliphatic heterocycles. The summed E-state index contributed by atoms with van der Waals surface area (Å²) in [4.78, 5) is 25.2. The highest BCUT2D eigenvalue weighted by Gasteiger charge is 2.16. The number of nitrogens with one attached hydrogen (secondary N) is 1. The molecule has 110 valence electrons. The van der Waals surface area contributed by atoms with Crippen LogP contribution >= 0.6 is 0 Å². The quantitative estimate of drug-likeness (QED) is 0.868. The van der Waals surface area contributed by atoms with Crippen LogP contribution in [0.4, 0.5) is 5.69 Å². The zero-order valence-corrected chi connectivity index (χ0v) is 12.8. The summed E-state index contributed by atoms with van der Waals surface area (Å²) in [7, 11) is 1.68. The fourth-order valence-electron chi connectivity index (χ4n) is 2.04. The van der Waals surface area contributed by atoms with Gasteiger partial charge in [0.25, 0.3) is 5.91 Å². The third-order valence-electron chi connectivity index (χ3n) is 3.69. The standard InChI is InChI=1S/C16H24N2O2/c1-5-13(6-2)11-17-16(20)14-9-7-8-10-15(14)18(4)12(3)19/h7-10,13H,5-6,11H2,1-4H3,(H,17,20). The number of nitrogens with zero attached hydrogens (tertiary/aromatic N) is 1. The Kier molecular flexibility index (Phi) is 6.22. The lowest BCUT2D eigenvalue weighted by Crippen LogP contribution is -2.31. The van der Waals surface area contributed by atoms with E-state index in [1.807, 2.05) is 12.1 Å². The summed E-state index contributed by atoms with van der Waals surface area (Å²) in [5.41, 5.74) is 1.18. The summed E-state index contributed by atoms with van der Waals surface area (Å²) in [6, 6.07) is 7.17. The van der Waals surface area contributed by atoms with Gasteiger partial charge in [-0.05, 0) is 18.1 Å². The first-order valence-corrected chi connectivity index (χ1v) is 7.12. The Labute approximate surface area is 121 Å². The largest absolute Gasteiger partial charge is 0.352 e. The molecule has 0 aromatic heterocycles. The maximum Gasteiger partial charge on any atom is 0.253 e. The Hall–Kier alpha value is -1.84. The minimum atomic E-state index is -0.124. The van der Waals surface area contributed by atoms with Crippen LogP contribution in [0.3, 0.4) is 0 Å². The molecule has 0 atom stereocenters. The van der Waals surface area contributed by atoms with Crippen molar-refractivity contribution in [3.8, 4) is 0 Å². The molecule has 0 heterocycles. The molecule has 1 rings (SSSR count). The molecule has 0 aliphatic carbocycles. The maximum absolute atomic E-state index is 12.3. The number of hydrogen-bond donors (Lipinski definition) is 1. The maximum atomic E-state index is 12.3. The third-order valence-corrected chi connectivity index (χ3v) is 3.69. The summed E-state index contributed by atoms with van der Waals surface area (Å²) >= 11 is 0. The van der Waals surface area contributed by atoms with Gasteiger partial charge in [-0.15, -0.1) is 0 Å². The van der Waals surface area contributed by atoms with Crippen LogP contribution in [0, 0.1) is 5.92 Å². The SMILES string of the molecule is CCC(CC)CNC(=O)c1ccccc1N(C)C(C)=O. The van der Waals surface area contributed by atoms with Crippen molar-refractivity contribution in [3.63, 3.8) is 0 Å². The molecule has 0 unspecified atom stereocenters. The Morgan fingerprint density at radius 2 is 1.80 bits per heavy atom. The van der Waals surface area contributed by atoms with Crippen LogP contribution in [0.1, 0.15) is 44.0 Å². The van der Waals surface area contributed by atoms with E-state index in [-0.39, 0.29) is 11.8 Å². The minimum absolute atomic E-state index is 0.0924. The molecule has 4 nitrogen and oxygen atoms in total. The first-order chi connectivity index (χ1) is 9.51. The number of rotatable bonds is 6. The fraction of sp³-hybridized carbons (Fsp3) is 0.500. The van der Waals surface area contributed by atoms with Crippen molar-refractivity contribution in [3.05, 3.63) is 29.8 Å². The molecule has 1 aromatic rings. The summed E-state index contributed by atoms with van der Waals surface area (Å²) < 4.78 is 0. The third kappa shape index (κ3) is 4.08. The number of carbonyl (C=O) groups excluding carboxylic acids is 2. The molecule has 1 N–H and O–H groups in total. The van der Waals surface area contributed by atoms with Crippen LogP contribution in [0.5, 0.6) is 0 Å². The monoisotopic (exact) mass is 276 g/mol. The molecular formula is C16H24N2O2. The average Bonchev–Trinajstić information content (AvgIpc) is 2.47. The smallest absolute Gasteiger partial charge is 0.253 e. The van der Waals surface area contributed by atoms with Crippen LogP contribution in [0.15, 0.2) is 24.3 Å². The van der Waals surface area contributed by atoms with Gasteiger partial charge < -0.3 is 10.2 Å². The van der Waals surface area contributed by atoms with Crippen LogP contribution in [0.2, 0.25) is 0 Å². The average molecular weight is 276 g/mol. The predicted molar refractivity (Wildman–Crippen MR) is 81.9 cm³/mol. The molecule has 0 aliphatic rings. The lowest BCUT2D eigenvalue weighted by atomic mass is 10.0. The van der Waals surface area contributed by atoms with E-state index in [2.05, 4.69) is 19.2 Å². The summed E-state index contributed by atoms with van der Waals surface area (Å²) in [5.74, 6) is 0.280. The van der Waals surface area contributed by atoms with Crippen molar-refractivity contribution in [1.29, 1.82) is 0 Å². The molecule has 4 heteroatoms. The normalized spacial score (nSPS) is 10.4. The molecule has 0 saturated carbocycles. The topological polar surface area (TPSA) is 49.4 Å². The summed E-state index contributed by atoms with van der Waals surface area (Å²) in [5, 5.41) is 2.96. The second-order valence-electron chi connectivity index (χ2n) is 4.99. The van der Waals surface area contributed by atoms with Crippen LogP contribution < -0.4 is 10.2 Å². The molecule has 0 saturated heterocycles. The van der Waals surface area contributed by atoms with E-state index in [1.165, 1.54) is 11.8 Å². The van der Waals surface area contributed by atoms with Crippen molar-refractivity contribution < 1.29 is 9.59 Å². The summed E-state index contributed by atoms with van der Waals surface area (Å²) in [6.45, 7) is 6.40. The van der Waals surface area contributed by atoms with Gasteiger partial charge in [-0.2, -0.15) is 0 Å². The van der Waals surface area contributed by atoms with Crippen molar-refractivity contribution in [2.45, 2.75) is 33.6 Å². The van der Waals surface area contributed by atoms with Gasteiger partial charge >= 0.3 is 0 Å². The van der Waals surface area contributed by atoms with Crippen LogP contribution in [0.25, 0.3) is 0 Å². The van der Waals surface area contributed by atoms with Gasteiger partial charge in [-0.3, -0.25) is 9.59 Å². The molecule has 20 heavy (non-hydrogen) atoms. The van der Waals surface area contributed by atoms with Gasteiger partial charge in [0.1, 0.15) is 0 Å². The van der Waals surface area contributed by atoms with E-state index in [0.717, 1.165) is 12.8 Å². The van der Waals surface area contributed by atoms with Gasteiger partial charge in [0.2, 0.25) is 5.91 Å². The summed E-state index contributed by atoms with van der Waals surface area (Å²) in [6.07, 6.45) is 2.09. The highest BCUT2D eigenvalue weighted by atomic mass is 16.2. The number of amides is 2. The van der Waals surface area contributed by atoms with E-state index < -0.39 is 0 Å². The number of benzene rings is 1. The minimum Gasteiger partial charge on any atom is -0.352 e. The fourth-order valence-corrected chi connectivity index (χ4v) is 2.04. The van der Waals surface area contributed by atoms with Gasteiger partial charge in [-0.1, -0.05) is 38.8 Å². The molecule has 0 radical (unpaired) electrons. The lowest BCUT2D eigenvalue weighted by Gasteiger charge is -2.19. The number of para-hydroxylation sites is 1. The molecule has 2 amide bonds.